The number of H-pyrrole nitrogens is 1. The van der Waals surface area contributed by atoms with Crippen LogP contribution in [0, 0.1) is 10.1 Å². The zero-order chi connectivity index (χ0) is 13.3. The highest BCUT2D eigenvalue weighted by Gasteiger charge is 2.15. The van der Waals surface area contributed by atoms with Crippen molar-refractivity contribution >= 4 is 5.69 Å². The van der Waals surface area contributed by atoms with E-state index in [2.05, 4.69) is 10.2 Å². The molecule has 10 nitrogen and oxygen atoms in total. The van der Waals surface area contributed by atoms with Crippen molar-refractivity contribution in [2.45, 2.75) is 6.54 Å². The van der Waals surface area contributed by atoms with Gasteiger partial charge in [0.05, 0.1) is 17.7 Å². The molecule has 0 saturated carbocycles. The monoisotopic (exact) mass is 252 g/mol. The van der Waals surface area contributed by atoms with Gasteiger partial charge in [0.2, 0.25) is 0 Å². The third-order valence-electron chi connectivity index (χ3n) is 2.31. The van der Waals surface area contributed by atoms with Crippen molar-refractivity contribution < 1.29 is 4.92 Å². The lowest BCUT2D eigenvalue weighted by Crippen LogP contribution is -2.31. The van der Waals surface area contributed by atoms with E-state index in [4.69, 9.17) is 0 Å². The Morgan fingerprint density at radius 1 is 1.50 bits per heavy atom. The fourth-order valence-electron chi connectivity index (χ4n) is 1.35. The SMILES string of the molecule is Cn1cnnc1Cn1cc([N+](=O)[O-])c(=O)[nH]c1=O. The molecule has 0 fully saturated rings. The third-order valence-corrected chi connectivity index (χ3v) is 2.31. The molecule has 0 bridgehead atoms. The largest absolute Gasteiger partial charge is 0.350 e. The molecule has 0 amide bonds. The Kier molecular flexibility index (Phi) is 2.75. The number of hydrogen-bond donors (Lipinski definition) is 1. The van der Waals surface area contributed by atoms with Crippen molar-refractivity contribution in [3.8, 4) is 0 Å². The van der Waals surface area contributed by atoms with Crippen molar-refractivity contribution in [1.29, 1.82) is 0 Å². The normalized spacial score (nSPS) is 10.5. The Hall–Kier alpha value is -2.78. The fourth-order valence-corrected chi connectivity index (χ4v) is 1.35. The van der Waals surface area contributed by atoms with E-state index in [-0.39, 0.29) is 6.54 Å². The molecule has 2 aromatic rings. The summed E-state index contributed by atoms with van der Waals surface area (Å²) in [5.74, 6) is 0.429. The van der Waals surface area contributed by atoms with Gasteiger partial charge in [0.1, 0.15) is 6.33 Å². The number of rotatable bonds is 3. The Bertz CT molecular complexity index is 711. The molecule has 10 heteroatoms. The molecule has 2 aromatic heterocycles. The minimum Gasteiger partial charge on any atom is -0.319 e. The van der Waals surface area contributed by atoms with Crippen LogP contribution in [0.4, 0.5) is 5.69 Å². The summed E-state index contributed by atoms with van der Waals surface area (Å²) in [6.07, 6.45) is 2.32. The zero-order valence-corrected chi connectivity index (χ0v) is 9.23. The summed E-state index contributed by atoms with van der Waals surface area (Å²) < 4.78 is 2.55. The second-order valence-electron chi connectivity index (χ2n) is 3.52. The Labute approximate surface area is 98.7 Å². The number of aryl methyl sites for hydroxylation is 1. The first-order valence-corrected chi connectivity index (χ1v) is 4.80. The molecule has 1 N–H and O–H groups in total. The smallest absolute Gasteiger partial charge is 0.319 e. The van der Waals surface area contributed by atoms with Crippen LogP contribution in [0.2, 0.25) is 0 Å². The molecule has 0 atom stereocenters. The highest BCUT2D eigenvalue weighted by molar-refractivity contribution is 5.21. The van der Waals surface area contributed by atoms with E-state index in [0.717, 1.165) is 10.8 Å². The van der Waals surface area contributed by atoms with Crippen molar-refractivity contribution in [3.63, 3.8) is 0 Å². The van der Waals surface area contributed by atoms with Gasteiger partial charge >= 0.3 is 16.9 Å². The van der Waals surface area contributed by atoms with Crippen molar-refractivity contribution in [1.82, 2.24) is 24.3 Å². The highest BCUT2D eigenvalue weighted by atomic mass is 16.6. The van der Waals surface area contributed by atoms with E-state index in [9.17, 15) is 19.7 Å². The molecule has 0 aliphatic carbocycles. The van der Waals surface area contributed by atoms with E-state index < -0.39 is 21.9 Å². The maximum atomic E-state index is 11.5. The summed E-state index contributed by atoms with van der Waals surface area (Å²) in [5, 5.41) is 17.9. The van der Waals surface area contributed by atoms with Crippen LogP contribution >= 0.6 is 0 Å². The van der Waals surface area contributed by atoms with Crippen LogP contribution in [0.1, 0.15) is 5.82 Å². The minimum atomic E-state index is -1.03. The molecule has 0 aliphatic rings. The summed E-state index contributed by atoms with van der Waals surface area (Å²) in [4.78, 5) is 34.2. The summed E-state index contributed by atoms with van der Waals surface area (Å²) in [7, 11) is 1.67. The maximum absolute atomic E-state index is 11.5. The van der Waals surface area contributed by atoms with Gasteiger partial charge in [-0.3, -0.25) is 24.5 Å². The van der Waals surface area contributed by atoms with Gasteiger partial charge in [-0.15, -0.1) is 10.2 Å². The lowest BCUT2D eigenvalue weighted by Gasteiger charge is -2.03. The van der Waals surface area contributed by atoms with Gasteiger partial charge < -0.3 is 4.57 Å². The van der Waals surface area contributed by atoms with Gasteiger partial charge in [0, 0.05) is 7.05 Å². The standard InChI is InChI=1S/C8H8N6O4/c1-12-4-9-11-6(12)3-13-2-5(14(17)18)7(15)10-8(13)16/h2,4H,3H2,1H3,(H,10,15,16). The average molecular weight is 252 g/mol. The fraction of sp³-hybridized carbons (Fsp3) is 0.250. The van der Waals surface area contributed by atoms with Gasteiger partial charge in [-0.25, -0.2) is 4.79 Å². The first-order chi connectivity index (χ1) is 8.49. The summed E-state index contributed by atoms with van der Waals surface area (Å²) in [6.45, 7) is -0.0209. The van der Waals surface area contributed by atoms with Gasteiger partial charge in [-0.2, -0.15) is 0 Å². The predicted molar refractivity (Wildman–Crippen MR) is 58.1 cm³/mol. The molecule has 0 saturated heterocycles. The van der Waals surface area contributed by atoms with Gasteiger partial charge in [-0.1, -0.05) is 0 Å². The van der Waals surface area contributed by atoms with Crippen molar-refractivity contribution in [2.24, 2.45) is 7.05 Å². The Morgan fingerprint density at radius 2 is 2.22 bits per heavy atom. The van der Waals surface area contributed by atoms with E-state index in [1.807, 2.05) is 4.98 Å². The molecule has 2 rings (SSSR count). The van der Waals surface area contributed by atoms with Gasteiger partial charge in [0.15, 0.2) is 5.82 Å². The number of nitrogens with one attached hydrogen (secondary N) is 1. The minimum absolute atomic E-state index is 0.0209. The second-order valence-corrected chi connectivity index (χ2v) is 3.52. The second kappa shape index (κ2) is 4.24. The molecule has 0 aliphatic heterocycles. The molecule has 18 heavy (non-hydrogen) atoms. The van der Waals surface area contributed by atoms with Crippen LogP contribution in [0.25, 0.3) is 0 Å². The topological polar surface area (TPSA) is 129 Å². The van der Waals surface area contributed by atoms with Crippen LogP contribution in [-0.4, -0.2) is 29.2 Å². The number of aromatic nitrogens is 5. The molecule has 0 spiro atoms. The number of nitro groups is 1. The van der Waals surface area contributed by atoms with Crippen LogP contribution in [0.5, 0.6) is 0 Å². The van der Waals surface area contributed by atoms with Crippen LogP contribution in [0.15, 0.2) is 22.1 Å². The molecule has 0 aromatic carbocycles. The predicted octanol–water partition coefficient (Wildman–Crippen LogP) is -1.38. The number of nitrogens with zero attached hydrogens (tertiary/aromatic N) is 5. The molecule has 2 heterocycles. The zero-order valence-electron chi connectivity index (χ0n) is 9.23. The Balaban J connectivity index is 2.49. The summed E-state index contributed by atoms with van der Waals surface area (Å²) in [6, 6.07) is 0. The lowest BCUT2D eigenvalue weighted by molar-refractivity contribution is -0.386. The quantitative estimate of drug-likeness (QED) is 0.529. The van der Waals surface area contributed by atoms with Crippen LogP contribution in [0.3, 0.4) is 0 Å². The molecule has 94 valence electrons. The first-order valence-electron chi connectivity index (χ1n) is 4.80. The summed E-state index contributed by atoms with van der Waals surface area (Å²) >= 11 is 0. The first kappa shape index (κ1) is 11.7. The lowest BCUT2D eigenvalue weighted by atomic mass is 10.5. The average Bonchev–Trinajstić information content (AvgIpc) is 2.67. The third kappa shape index (κ3) is 2.03. The maximum Gasteiger partial charge on any atom is 0.350 e. The number of hydrogen-bond acceptors (Lipinski definition) is 6. The van der Waals surface area contributed by atoms with Crippen molar-refractivity contribution in [2.75, 3.05) is 0 Å². The molecular weight excluding hydrogens is 244 g/mol. The van der Waals surface area contributed by atoms with E-state index in [1.54, 1.807) is 11.6 Å². The van der Waals surface area contributed by atoms with Crippen LogP contribution in [-0.2, 0) is 13.6 Å². The highest BCUT2D eigenvalue weighted by Crippen LogP contribution is 2.01. The van der Waals surface area contributed by atoms with E-state index in [1.165, 1.54) is 6.33 Å². The van der Waals surface area contributed by atoms with Crippen molar-refractivity contribution in [3.05, 3.63) is 49.3 Å². The van der Waals surface area contributed by atoms with Gasteiger partial charge in [-0.05, 0) is 0 Å². The molecular formula is C8H8N6O4. The Morgan fingerprint density at radius 3 is 2.78 bits per heavy atom. The van der Waals surface area contributed by atoms with Crippen LogP contribution < -0.4 is 11.2 Å². The molecule has 0 unspecified atom stereocenters. The molecule has 0 radical (unpaired) electrons. The summed E-state index contributed by atoms with van der Waals surface area (Å²) in [5.41, 5.74) is -2.47. The number of aromatic amines is 1. The van der Waals surface area contributed by atoms with Gasteiger partial charge in [0.25, 0.3) is 0 Å². The van der Waals surface area contributed by atoms with E-state index in [0.29, 0.717) is 5.82 Å². The van der Waals surface area contributed by atoms with E-state index >= 15 is 0 Å².